The van der Waals surface area contributed by atoms with Crippen LogP contribution in [0.4, 0.5) is 0 Å². The molecule has 0 aliphatic carbocycles. The van der Waals surface area contributed by atoms with Crippen LogP contribution in [0.1, 0.15) is 20.8 Å². The Morgan fingerprint density at radius 2 is 2.35 bits per heavy atom. The standard InChI is InChI=1S/C12H17N5O2S/c1-8(18)12(2,3)13-10(19)6-17-15-11(14-16-17)9-4-5-20-7-9/h4-5,7-8,18H,6H2,1-3H3,(H,13,19). The van der Waals surface area contributed by atoms with Crippen molar-refractivity contribution in [1.29, 1.82) is 0 Å². The van der Waals surface area contributed by atoms with E-state index in [2.05, 4.69) is 20.7 Å². The van der Waals surface area contributed by atoms with E-state index in [0.717, 1.165) is 5.56 Å². The van der Waals surface area contributed by atoms with Crippen LogP contribution in [0.5, 0.6) is 0 Å². The largest absolute Gasteiger partial charge is 0.391 e. The van der Waals surface area contributed by atoms with E-state index in [1.54, 1.807) is 32.1 Å². The summed E-state index contributed by atoms with van der Waals surface area (Å²) in [6, 6.07) is 1.89. The summed E-state index contributed by atoms with van der Waals surface area (Å²) in [6.07, 6.45) is -0.656. The molecule has 8 heteroatoms. The van der Waals surface area contributed by atoms with E-state index >= 15 is 0 Å². The molecule has 2 aromatic rings. The van der Waals surface area contributed by atoms with Crippen molar-refractivity contribution < 1.29 is 9.90 Å². The minimum Gasteiger partial charge on any atom is -0.391 e. The highest BCUT2D eigenvalue weighted by Gasteiger charge is 2.26. The van der Waals surface area contributed by atoms with Crippen LogP contribution >= 0.6 is 11.3 Å². The number of rotatable bonds is 5. The van der Waals surface area contributed by atoms with E-state index in [9.17, 15) is 9.90 Å². The van der Waals surface area contributed by atoms with Crippen molar-refractivity contribution in [3.63, 3.8) is 0 Å². The number of amides is 1. The highest BCUT2D eigenvalue weighted by atomic mass is 32.1. The lowest BCUT2D eigenvalue weighted by Crippen LogP contribution is -2.52. The molecule has 1 atom stereocenters. The second-order valence-corrected chi connectivity index (χ2v) is 5.88. The number of nitrogens with one attached hydrogen (secondary N) is 1. The molecular weight excluding hydrogens is 278 g/mol. The Morgan fingerprint density at radius 1 is 1.60 bits per heavy atom. The zero-order chi connectivity index (χ0) is 14.8. The average Bonchev–Trinajstić information content (AvgIpc) is 2.97. The first kappa shape index (κ1) is 14.6. The Morgan fingerprint density at radius 3 is 2.95 bits per heavy atom. The van der Waals surface area contributed by atoms with Gasteiger partial charge in [0.2, 0.25) is 11.7 Å². The topological polar surface area (TPSA) is 92.9 Å². The summed E-state index contributed by atoms with van der Waals surface area (Å²) < 4.78 is 0. The molecule has 0 spiro atoms. The van der Waals surface area contributed by atoms with Gasteiger partial charge < -0.3 is 10.4 Å². The second kappa shape index (κ2) is 5.68. The lowest BCUT2D eigenvalue weighted by atomic mass is 9.99. The molecule has 2 rings (SSSR count). The number of hydrogen-bond acceptors (Lipinski definition) is 6. The molecule has 0 bridgehead atoms. The Balaban J connectivity index is 1.99. The minimum absolute atomic E-state index is 0.0344. The number of aliphatic hydroxyl groups excluding tert-OH is 1. The van der Waals surface area contributed by atoms with Crippen LogP contribution in [0, 0.1) is 0 Å². The van der Waals surface area contributed by atoms with Crippen molar-refractivity contribution in [2.75, 3.05) is 0 Å². The van der Waals surface area contributed by atoms with E-state index in [0.29, 0.717) is 5.82 Å². The maximum Gasteiger partial charge on any atom is 0.244 e. The molecule has 108 valence electrons. The third-order valence-electron chi connectivity index (χ3n) is 3.02. The molecule has 20 heavy (non-hydrogen) atoms. The Labute approximate surface area is 120 Å². The van der Waals surface area contributed by atoms with Gasteiger partial charge in [0.15, 0.2) is 0 Å². The maximum absolute atomic E-state index is 11.9. The average molecular weight is 295 g/mol. The van der Waals surface area contributed by atoms with Crippen molar-refractivity contribution in [3.8, 4) is 11.4 Å². The fourth-order valence-corrected chi connectivity index (χ4v) is 2.08. The van der Waals surface area contributed by atoms with Crippen molar-refractivity contribution in [1.82, 2.24) is 25.5 Å². The number of aromatic nitrogens is 4. The predicted octanol–water partition coefficient (Wildman–Crippen LogP) is 0.677. The van der Waals surface area contributed by atoms with Gasteiger partial charge in [-0.05, 0) is 37.4 Å². The maximum atomic E-state index is 11.9. The van der Waals surface area contributed by atoms with Gasteiger partial charge in [-0.15, -0.1) is 10.2 Å². The lowest BCUT2D eigenvalue weighted by Gasteiger charge is -2.29. The number of carbonyl (C=O) groups is 1. The van der Waals surface area contributed by atoms with Gasteiger partial charge in [-0.3, -0.25) is 4.79 Å². The summed E-state index contributed by atoms with van der Waals surface area (Å²) in [5.41, 5.74) is 0.180. The van der Waals surface area contributed by atoms with Crippen LogP contribution in [0.25, 0.3) is 11.4 Å². The van der Waals surface area contributed by atoms with Gasteiger partial charge in [-0.1, -0.05) is 0 Å². The molecule has 0 aliphatic rings. The summed E-state index contributed by atoms with van der Waals surface area (Å²) in [5, 5.41) is 28.0. The van der Waals surface area contributed by atoms with Gasteiger partial charge >= 0.3 is 0 Å². The molecule has 0 radical (unpaired) electrons. The molecular formula is C12H17N5O2S. The molecule has 7 nitrogen and oxygen atoms in total. The first-order valence-corrected chi connectivity index (χ1v) is 7.12. The molecule has 2 heterocycles. The molecule has 2 N–H and O–H groups in total. The third-order valence-corrected chi connectivity index (χ3v) is 3.71. The minimum atomic E-state index is -0.701. The fraction of sp³-hybridized carbons (Fsp3) is 0.500. The highest BCUT2D eigenvalue weighted by molar-refractivity contribution is 7.08. The van der Waals surface area contributed by atoms with Gasteiger partial charge in [0.25, 0.3) is 0 Å². The fourth-order valence-electron chi connectivity index (χ4n) is 1.45. The van der Waals surface area contributed by atoms with Crippen molar-refractivity contribution in [3.05, 3.63) is 16.8 Å². The SMILES string of the molecule is CC(O)C(C)(C)NC(=O)Cn1nnc(-c2ccsc2)n1. The summed E-state index contributed by atoms with van der Waals surface area (Å²) in [5.74, 6) is 0.221. The number of carbonyl (C=O) groups excluding carboxylic acids is 1. The summed E-state index contributed by atoms with van der Waals surface area (Å²) in [6.45, 7) is 5.10. The van der Waals surface area contributed by atoms with E-state index in [1.807, 2.05) is 16.8 Å². The monoisotopic (exact) mass is 295 g/mol. The van der Waals surface area contributed by atoms with Crippen LogP contribution in [-0.4, -0.2) is 42.9 Å². The van der Waals surface area contributed by atoms with Crippen molar-refractivity contribution >= 4 is 17.2 Å². The molecule has 0 saturated heterocycles. The first-order valence-electron chi connectivity index (χ1n) is 6.18. The van der Waals surface area contributed by atoms with E-state index in [1.165, 1.54) is 4.80 Å². The van der Waals surface area contributed by atoms with E-state index in [4.69, 9.17) is 0 Å². The normalized spacial score (nSPS) is 13.2. The molecule has 0 saturated carbocycles. The van der Waals surface area contributed by atoms with Crippen LogP contribution in [-0.2, 0) is 11.3 Å². The number of aliphatic hydroxyl groups is 1. The number of nitrogens with zero attached hydrogens (tertiary/aromatic N) is 4. The zero-order valence-corrected chi connectivity index (χ0v) is 12.4. The summed E-state index contributed by atoms with van der Waals surface area (Å²) in [4.78, 5) is 13.1. The first-order chi connectivity index (χ1) is 9.38. The molecule has 0 aliphatic heterocycles. The Bertz CT molecular complexity index is 576. The number of thiophene rings is 1. The van der Waals surface area contributed by atoms with Crippen LogP contribution in [0.2, 0.25) is 0 Å². The van der Waals surface area contributed by atoms with Gasteiger partial charge in [-0.2, -0.15) is 16.1 Å². The number of tetrazole rings is 1. The lowest BCUT2D eigenvalue weighted by molar-refractivity contribution is -0.125. The van der Waals surface area contributed by atoms with Gasteiger partial charge in [0.1, 0.15) is 6.54 Å². The summed E-state index contributed by atoms with van der Waals surface area (Å²) in [7, 11) is 0. The van der Waals surface area contributed by atoms with Gasteiger partial charge in [-0.25, -0.2) is 0 Å². The van der Waals surface area contributed by atoms with Crippen molar-refractivity contribution in [2.45, 2.75) is 39.0 Å². The van der Waals surface area contributed by atoms with E-state index in [-0.39, 0.29) is 12.5 Å². The molecule has 1 amide bonds. The quantitative estimate of drug-likeness (QED) is 0.846. The van der Waals surface area contributed by atoms with E-state index < -0.39 is 11.6 Å². The third kappa shape index (κ3) is 3.40. The Hall–Kier alpha value is -1.80. The van der Waals surface area contributed by atoms with Crippen LogP contribution < -0.4 is 5.32 Å². The predicted molar refractivity (Wildman–Crippen MR) is 75.0 cm³/mol. The molecule has 0 aromatic carbocycles. The molecule has 0 fully saturated rings. The molecule has 1 unspecified atom stereocenters. The number of hydrogen-bond donors (Lipinski definition) is 2. The zero-order valence-electron chi connectivity index (χ0n) is 11.6. The van der Waals surface area contributed by atoms with Gasteiger partial charge in [0.05, 0.1) is 11.6 Å². The smallest absolute Gasteiger partial charge is 0.244 e. The Kier molecular flexibility index (Phi) is 4.15. The van der Waals surface area contributed by atoms with Crippen LogP contribution in [0.15, 0.2) is 16.8 Å². The summed E-state index contributed by atoms with van der Waals surface area (Å²) >= 11 is 1.54. The van der Waals surface area contributed by atoms with Crippen LogP contribution in [0.3, 0.4) is 0 Å². The molecule has 2 aromatic heterocycles. The van der Waals surface area contributed by atoms with Crippen molar-refractivity contribution in [2.24, 2.45) is 0 Å². The highest BCUT2D eigenvalue weighted by Crippen LogP contribution is 2.16. The second-order valence-electron chi connectivity index (χ2n) is 5.10. The van der Waals surface area contributed by atoms with Gasteiger partial charge in [0, 0.05) is 10.9 Å².